The molecule has 118 valence electrons. The summed E-state index contributed by atoms with van der Waals surface area (Å²) < 4.78 is 1.28. The standard InChI is InChI=1S/C15H21N3S.2ClH/c1-11(16)13-7-4-5-9-18(13)10-15-17-12-6-2-3-8-14(12)19-15;;/h2-3,6,8,11,13H,4-5,7,9-10,16H2,1H3;2*1H. The highest BCUT2D eigenvalue weighted by atomic mass is 35.5. The topological polar surface area (TPSA) is 42.1 Å². The predicted molar refractivity (Wildman–Crippen MR) is 95.8 cm³/mol. The van der Waals surface area contributed by atoms with Crippen molar-refractivity contribution in [3.05, 3.63) is 29.3 Å². The van der Waals surface area contributed by atoms with Crippen LogP contribution in [0.15, 0.2) is 24.3 Å². The maximum atomic E-state index is 6.13. The van der Waals surface area contributed by atoms with E-state index in [0.717, 1.165) is 18.6 Å². The minimum atomic E-state index is 0. The van der Waals surface area contributed by atoms with E-state index >= 15 is 0 Å². The number of para-hydroxylation sites is 1. The van der Waals surface area contributed by atoms with E-state index in [2.05, 4.69) is 36.1 Å². The number of thiazole rings is 1. The maximum absolute atomic E-state index is 6.13. The van der Waals surface area contributed by atoms with Gasteiger partial charge in [0.25, 0.3) is 0 Å². The molecule has 1 aromatic carbocycles. The second kappa shape index (κ2) is 8.30. The number of hydrogen-bond donors (Lipinski definition) is 1. The van der Waals surface area contributed by atoms with Crippen LogP contribution in [0.2, 0.25) is 0 Å². The molecule has 0 radical (unpaired) electrons. The van der Waals surface area contributed by atoms with Crippen molar-refractivity contribution >= 4 is 46.4 Å². The highest BCUT2D eigenvalue weighted by Gasteiger charge is 2.26. The second-order valence-corrected chi connectivity index (χ2v) is 6.58. The van der Waals surface area contributed by atoms with E-state index in [-0.39, 0.29) is 30.9 Å². The number of hydrogen-bond acceptors (Lipinski definition) is 4. The zero-order valence-corrected chi connectivity index (χ0v) is 14.6. The van der Waals surface area contributed by atoms with Crippen molar-refractivity contribution < 1.29 is 0 Å². The van der Waals surface area contributed by atoms with Gasteiger partial charge in [-0.2, -0.15) is 0 Å². The van der Waals surface area contributed by atoms with Gasteiger partial charge in [-0.25, -0.2) is 4.98 Å². The van der Waals surface area contributed by atoms with Crippen LogP contribution in [0.3, 0.4) is 0 Å². The molecule has 0 aliphatic carbocycles. The lowest BCUT2D eigenvalue weighted by Gasteiger charge is -2.37. The van der Waals surface area contributed by atoms with Gasteiger partial charge in [0.2, 0.25) is 0 Å². The van der Waals surface area contributed by atoms with Crippen molar-refractivity contribution in [3.63, 3.8) is 0 Å². The normalized spacial score (nSPS) is 20.6. The van der Waals surface area contributed by atoms with Gasteiger partial charge >= 0.3 is 0 Å². The molecule has 0 bridgehead atoms. The number of nitrogens with zero attached hydrogens (tertiary/aromatic N) is 2. The van der Waals surface area contributed by atoms with Crippen LogP contribution in [0, 0.1) is 0 Å². The van der Waals surface area contributed by atoms with Gasteiger partial charge in [0.05, 0.1) is 16.8 Å². The van der Waals surface area contributed by atoms with E-state index in [1.54, 1.807) is 0 Å². The Morgan fingerprint density at radius 1 is 1.33 bits per heavy atom. The average Bonchev–Trinajstić information content (AvgIpc) is 2.81. The first-order chi connectivity index (χ1) is 9.24. The SMILES string of the molecule is CC(N)C1CCCCN1Cc1nc2ccccc2s1.Cl.Cl. The molecule has 3 rings (SSSR count). The van der Waals surface area contributed by atoms with Gasteiger partial charge in [0, 0.05) is 12.1 Å². The highest BCUT2D eigenvalue weighted by molar-refractivity contribution is 7.18. The quantitative estimate of drug-likeness (QED) is 0.916. The summed E-state index contributed by atoms with van der Waals surface area (Å²) in [6, 6.07) is 9.13. The van der Waals surface area contributed by atoms with Crippen LogP contribution < -0.4 is 5.73 Å². The van der Waals surface area contributed by atoms with Gasteiger partial charge in [-0.3, -0.25) is 4.90 Å². The molecule has 2 N–H and O–H groups in total. The Kier molecular flexibility index (Phi) is 7.37. The number of aromatic nitrogens is 1. The average molecular weight is 348 g/mol. The second-order valence-electron chi connectivity index (χ2n) is 5.47. The Balaban J connectivity index is 0.00000110. The van der Waals surface area contributed by atoms with Crippen LogP contribution in [0.25, 0.3) is 10.2 Å². The largest absolute Gasteiger partial charge is 0.327 e. The molecule has 2 heterocycles. The molecule has 21 heavy (non-hydrogen) atoms. The summed E-state index contributed by atoms with van der Waals surface area (Å²) in [4.78, 5) is 7.26. The zero-order valence-electron chi connectivity index (χ0n) is 12.2. The minimum Gasteiger partial charge on any atom is -0.327 e. The monoisotopic (exact) mass is 347 g/mol. The molecule has 1 aliphatic heterocycles. The fourth-order valence-corrected chi connectivity index (χ4v) is 3.96. The Labute approximate surface area is 142 Å². The fourth-order valence-electron chi connectivity index (χ4n) is 2.97. The van der Waals surface area contributed by atoms with Crippen LogP contribution in [0.1, 0.15) is 31.2 Å². The summed E-state index contributed by atoms with van der Waals surface area (Å²) in [5.41, 5.74) is 7.25. The first kappa shape index (κ1) is 18.7. The lowest BCUT2D eigenvalue weighted by Crippen LogP contribution is -2.48. The summed E-state index contributed by atoms with van der Waals surface area (Å²) in [5, 5.41) is 1.22. The molecule has 2 unspecified atom stereocenters. The fraction of sp³-hybridized carbons (Fsp3) is 0.533. The third-order valence-electron chi connectivity index (χ3n) is 3.95. The molecule has 6 heteroatoms. The molecular weight excluding hydrogens is 325 g/mol. The lowest BCUT2D eigenvalue weighted by molar-refractivity contribution is 0.123. The van der Waals surface area contributed by atoms with Gasteiger partial charge in [0.15, 0.2) is 0 Å². The summed E-state index contributed by atoms with van der Waals surface area (Å²) in [7, 11) is 0. The van der Waals surface area contributed by atoms with Gasteiger partial charge < -0.3 is 5.73 Å². The van der Waals surface area contributed by atoms with E-state index in [4.69, 9.17) is 10.7 Å². The Bertz CT molecular complexity index is 526. The molecule has 0 saturated carbocycles. The van der Waals surface area contributed by atoms with Crippen molar-refractivity contribution in [2.45, 2.75) is 44.8 Å². The molecular formula is C15H23Cl2N3S. The van der Waals surface area contributed by atoms with Crippen molar-refractivity contribution in [2.75, 3.05) is 6.54 Å². The first-order valence-electron chi connectivity index (χ1n) is 7.08. The van der Waals surface area contributed by atoms with Gasteiger partial charge in [-0.05, 0) is 38.4 Å². The van der Waals surface area contributed by atoms with Crippen LogP contribution in [0.5, 0.6) is 0 Å². The molecule has 1 aliphatic rings. The molecule has 1 aromatic heterocycles. The van der Waals surface area contributed by atoms with Crippen LogP contribution in [-0.2, 0) is 6.54 Å². The number of piperidine rings is 1. The van der Waals surface area contributed by atoms with E-state index in [1.165, 1.54) is 29.0 Å². The van der Waals surface area contributed by atoms with Crippen molar-refractivity contribution in [3.8, 4) is 0 Å². The van der Waals surface area contributed by atoms with Crippen molar-refractivity contribution in [1.29, 1.82) is 0 Å². The third-order valence-corrected chi connectivity index (χ3v) is 4.97. The molecule has 2 atom stereocenters. The number of benzene rings is 1. The molecule has 0 amide bonds. The van der Waals surface area contributed by atoms with E-state index < -0.39 is 0 Å². The summed E-state index contributed by atoms with van der Waals surface area (Å²) in [5.74, 6) is 0. The highest BCUT2D eigenvalue weighted by Crippen LogP contribution is 2.26. The van der Waals surface area contributed by atoms with Crippen LogP contribution in [0.4, 0.5) is 0 Å². The van der Waals surface area contributed by atoms with Crippen molar-refractivity contribution in [2.24, 2.45) is 5.73 Å². The molecule has 1 saturated heterocycles. The first-order valence-corrected chi connectivity index (χ1v) is 7.90. The molecule has 3 nitrogen and oxygen atoms in total. The van der Waals surface area contributed by atoms with E-state index in [0.29, 0.717) is 6.04 Å². The van der Waals surface area contributed by atoms with Crippen molar-refractivity contribution in [1.82, 2.24) is 9.88 Å². The number of fused-ring (bicyclic) bond motifs is 1. The van der Waals surface area contributed by atoms with Gasteiger partial charge in [0.1, 0.15) is 5.01 Å². The Morgan fingerprint density at radius 2 is 2.10 bits per heavy atom. The summed E-state index contributed by atoms with van der Waals surface area (Å²) >= 11 is 1.81. The van der Waals surface area contributed by atoms with Gasteiger partial charge in [-0.15, -0.1) is 36.2 Å². The Hall–Kier alpha value is -0.390. The van der Waals surface area contributed by atoms with E-state index in [9.17, 15) is 0 Å². The van der Waals surface area contributed by atoms with Gasteiger partial charge in [-0.1, -0.05) is 18.6 Å². The molecule has 1 fully saturated rings. The third kappa shape index (κ3) is 4.30. The minimum absolute atomic E-state index is 0. The number of halogens is 2. The lowest BCUT2D eigenvalue weighted by atomic mass is 9.97. The number of likely N-dealkylation sites (tertiary alicyclic amines) is 1. The van der Waals surface area contributed by atoms with Crippen LogP contribution in [-0.4, -0.2) is 28.5 Å². The van der Waals surface area contributed by atoms with Crippen LogP contribution >= 0.6 is 36.2 Å². The number of rotatable bonds is 3. The summed E-state index contributed by atoms with van der Waals surface area (Å²) in [6.45, 7) is 4.23. The maximum Gasteiger partial charge on any atom is 0.108 e. The molecule has 2 aromatic rings. The van der Waals surface area contributed by atoms with E-state index in [1.807, 2.05) is 11.3 Å². The smallest absolute Gasteiger partial charge is 0.108 e. The molecule has 0 spiro atoms. The zero-order chi connectivity index (χ0) is 13.2. The summed E-state index contributed by atoms with van der Waals surface area (Å²) in [6.07, 6.45) is 3.82. The predicted octanol–water partition coefficient (Wildman–Crippen LogP) is 3.84. The Morgan fingerprint density at radius 3 is 2.81 bits per heavy atom. The number of nitrogens with two attached hydrogens (primary N) is 1.